The number of hydrogen-bond donors (Lipinski definition) is 2. The molecule has 0 saturated heterocycles. The van der Waals surface area contributed by atoms with Crippen LogP contribution in [0.4, 0.5) is 5.82 Å². The highest BCUT2D eigenvalue weighted by atomic mass is 35.5. The van der Waals surface area contributed by atoms with Gasteiger partial charge < -0.3 is 10.3 Å². The van der Waals surface area contributed by atoms with E-state index in [1.54, 1.807) is 17.9 Å². The summed E-state index contributed by atoms with van der Waals surface area (Å²) in [4.78, 5) is 21.8. The van der Waals surface area contributed by atoms with Gasteiger partial charge in [-0.3, -0.25) is 9.48 Å². The molecule has 17 heavy (non-hydrogen) atoms. The van der Waals surface area contributed by atoms with Gasteiger partial charge in [-0.15, -0.1) is 0 Å². The van der Waals surface area contributed by atoms with Gasteiger partial charge in [0.1, 0.15) is 23.5 Å². The second-order valence-corrected chi connectivity index (χ2v) is 3.78. The van der Waals surface area contributed by atoms with E-state index in [-0.39, 0.29) is 10.6 Å². The maximum absolute atomic E-state index is 11.4. The molecular formula is C9H11ClN6O. The Morgan fingerprint density at radius 3 is 3.12 bits per heavy atom. The van der Waals surface area contributed by atoms with Gasteiger partial charge in [0.25, 0.3) is 5.56 Å². The molecule has 0 aliphatic heterocycles. The fraction of sp³-hybridized carbons (Fsp3) is 0.333. The van der Waals surface area contributed by atoms with E-state index >= 15 is 0 Å². The van der Waals surface area contributed by atoms with E-state index in [0.717, 1.165) is 0 Å². The van der Waals surface area contributed by atoms with Crippen LogP contribution in [0.2, 0.25) is 5.02 Å². The van der Waals surface area contributed by atoms with Gasteiger partial charge in [-0.25, -0.2) is 9.97 Å². The van der Waals surface area contributed by atoms with Crippen molar-refractivity contribution in [2.75, 3.05) is 11.9 Å². The predicted molar refractivity (Wildman–Crippen MR) is 63.1 cm³/mol. The predicted octanol–water partition coefficient (Wildman–Crippen LogP) is 0.435. The molecule has 7 nitrogen and oxygen atoms in total. The summed E-state index contributed by atoms with van der Waals surface area (Å²) in [5.41, 5.74) is -0.345. The van der Waals surface area contributed by atoms with Crippen LogP contribution in [0.25, 0.3) is 0 Å². The molecule has 0 spiro atoms. The van der Waals surface area contributed by atoms with E-state index in [9.17, 15) is 4.79 Å². The Morgan fingerprint density at radius 1 is 1.59 bits per heavy atom. The molecule has 2 heterocycles. The zero-order valence-electron chi connectivity index (χ0n) is 9.14. The van der Waals surface area contributed by atoms with E-state index in [0.29, 0.717) is 24.7 Å². The molecule has 0 aromatic carbocycles. The lowest BCUT2D eigenvalue weighted by Crippen LogP contribution is -2.17. The number of halogens is 1. The standard InChI is InChI=1S/C9H11ClN6O/c1-6-14-8(7(10)9(17)15-6)12-2-3-16-5-11-4-13-16/h4-5H,2-3H2,1H3,(H2,12,14,15,17). The molecule has 0 bridgehead atoms. The summed E-state index contributed by atoms with van der Waals surface area (Å²) in [6, 6.07) is 0. The minimum absolute atomic E-state index is 0.0641. The van der Waals surface area contributed by atoms with Crippen LogP contribution in [0.15, 0.2) is 17.4 Å². The molecule has 2 rings (SSSR count). The van der Waals surface area contributed by atoms with E-state index in [1.165, 1.54) is 6.33 Å². The smallest absolute Gasteiger partial charge is 0.271 e. The second kappa shape index (κ2) is 4.96. The molecule has 90 valence electrons. The Hall–Kier alpha value is -1.89. The lowest BCUT2D eigenvalue weighted by molar-refractivity contribution is 0.635. The molecule has 0 amide bonds. The van der Waals surface area contributed by atoms with Crippen LogP contribution >= 0.6 is 11.6 Å². The number of nitrogens with one attached hydrogen (secondary N) is 2. The quantitative estimate of drug-likeness (QED) is 0.826. The van der Waals surface area contributed by atoms with Gasteiger partial charge >= 0.3 is 0 Å². The van der Waals surface area contributed by atoms with Crippen LogP contribution in [0.1, 0.15) is 5.82 Å². The van der Waals surface area contributed by atoms with Crippen molar-refractivity contribution in [3.05, 3.63) is 33.9 Å². The van der Waals surface area contributed by atoms with Gasteiger partial charge in [0.2, 0.25) is 0 Å². The van der Waals surface area contributed by atoms with Crippen molar-refractivity contribution in [2.45, 2.75) is 13.5 Å². The summed E-state index contributed by atoms with van der Waals surface area (Å²) >= 11 is 5.82. The molecule has 8 heteroatoms. The molecule has 0 unspecified atom stereocenters. The lowest BCUT2D eigenvalue weighted by atomic mass is 10.5. The maximum Gasteiger partial charge on any atom is 0.271 e. The zero-order chi connectivity index (χ0) is 12.3. The molecular weight excluding hydrogens is 244 g/mol. The Labute approximate surface area is 102 Å². The molecule has 2 aromatic rings. The number of anilines is 1. The van der Waals surface area contributed by atoms with Gasteiger partial charge in [-0.1, -0.05) is 11.6 Å². The third kappa shape index (κ3) is 2.82. The van der Waals surface area contributed by atoms with Crippen molar-refractivity contribution in [2.24, 2.45) is 0 Å². The Bertz CT molecular complexity index is 549. The van der Waals surface area contributed by atoms with Gasteiger partial charge in [-0.2, -0.15) is 5.10 Å². The molecule has 2 N–H and O–H groups in total. The van der Waals surface area contributed by atoms with Crippen LogP contribution < -0.4 is 10.9 Å². The third-order valence-corrected chi connectivity index (χ3v) is 2.43. The summed E-state index contributed by atoms with van der Waals surface area (Å²) in [6.07, 6.45) is 3.07. The summed E-state index contributed by atoms with van der Waals surface area (Å²) in [5.74, 6) is 0.899. The van der Waals surface area contributed by atoms with Crippen LogP contribution in [-0.4, -0.2) is 31.3 Å². The number of aromatic nitrogens is 5. The molecule has 0 aliphatic carbocycles. The second-order valence-electron chi connectivity index (χ2n) is 3.40. The molecule has 0 atom stereocenters. The monoisotopic (exact) mass is 254 g/mol. The van der Waals surface area contributed by atoms with Crippen LogP contribution in [0.5, 0.6) is 0 Å². The number of nitrogens with zero attached hydrogens (tertiary/aromatic N) is 4. The van der Waals surface area contributed by atoms with Crippen molar-refractivity contribution in [3.8, 4) is 0 Å². The number of hydrogen-bond acceptors (Lipinski definition) is 5. The normalized spacial score (nSPS) is 10.5. The van der Waals surface area contributed by atoms with Crippen molar-refractivity contribution in [3.63, 3.8) is 0 Å². The summed E-state index contributed by atoms with van der Waals surface area (Å²) in [6.45, 7) is 2.86. The number of aryl methyl sites for hydroxylation is 1. The number of aromatic amines is 1. The highest BCUT2D eigenvalue weighted by Crippen LogP contribution is 2.12. The van der Waals surface area contributed by atoms with Crippen molar-refractivity contribution < 1.29 is 0 Å². The minimum atomic E-state index is -0.345. The number of H-pyrrole nitrogens is 1. The molecule has 0 radical (unpaired) electrons. The third-order valence-electron chi connectivity index (χ3n) is 2.08. The van der Waals surface area contributed by atoms with E-state index in [2.05, 4.69) is 25.4 Å². The van der Waals surface area contributed by atoms with Crippen LogP contribution in [0.3, 0.4) is 0 Å². The molecule has 0 fully saturated rings. The first kappa shape index (κ1) is 11.6. The van der Waals surface area contributed by atoms with Crippen molar-refractivity contribution in [1.82, 2.24) is 24.7 Å². The highest BCUT2D eigenvalue weighted by molar-refractivity contribution is 6.32. The first-order valence-corrected chi connectivity index (χ1v) is 5.37. The molecule has 2 aromatic heterocycles. The van der Waals surface area contributed by atoms with Gasteiger partial charge in [0.15, 0.2) is 5.82 Å². The van der Waals surface area contributed by atoms with Gasteiger partial charge in [-0.05, 0) is 6.92 Å². The van der Waals surface area contributed by atoms with Gasteiger partial charge in [0, 0.05) is 6.54 Å². The largest absolute Gasteiger partial charge is 0.367 e. The highest BCUT2D eigenvalue weighted by Gasteiger charge is 2.06. The van der Waals surface area contributed by atoms with Crippen molar-refractivity contribution in [1.29, 1.82) is 0 Å². The number of rotatable bonds is 4. The van der Waals surface area contributed by atoms with E-state index < -0.39 is 0 Å². The van der Waals surface area contributed by atoms with E-state index in [1.807, 2.05) is 0 Å². The minimum Gasteiger partial charge on any atom is -0.367 e. The molecule has 0 saturated carbocycles. The van der Waals surface area contributed by atoms with Gasteiger partial charge in [0.05, 0.1) is 6.54 Å². The Morgan fingerprint density at radius 2 is 2.41 bits per heavy atom. The Balaban J connectivity index is 2.02. The fourth-order valence-electron chi connectivity index (χ4n) is 1.33. The first-order chi connectivity index (χ1) is 8.16. The zero-order valence-corrected chi connectivity index (χ0v) is 9.90. The van der Waals surface area contributed by atoms with Crippen LogP contribution in [0, 0.1) is 6.92 Å². The summed E-state index contributed by atoms with van der Waals surface area (Å²) < 4.78 is 1.67. The average molecular weight is 255 g/mol. The molecule has 0 aliphatic rings. The summed E-state index contributed by atoms with van der Waals surface area (Å²) in [7, 11) is 0. The van der Waals surface area contributed by atoms with Crippen LogP contribution in [-0.2, 0) is 6.54 Å². The maximum atomic E-state index is 11.4. The van der Waals surface area contributed by atoms with E-state index in [4.69, 9.17) is 11.6 Å². The SMILES string of the molecule is Cc1nc(NCCn2cncn2)c(Cl)c(=O)[nH]1. The Kier molecular flexibility index (Phi) is 3.38. The van der Waals surface area contributed by atoms with Crippen molar-refractivity contribution >= 4 is 17.4 Å². The fourth-order valence-corrected chi connectivity index (χ4v) is 1.48. The first-order valence-electron chi connectivity index (χ1n) is 4.99. The summed E-state index contributed by atoms with van der Waals surface area (Å²) in [5, 5.41) is 6.99. The average Bonchev–Trinajstić information content (AvgIpc) is 2.78. The topological polar surface area (TPSA) is 88.5 Å². The lowest BCUT2D eigenvalue weighted by Gasteiger charge is -2.07.